The second kappa shape index (κ2) is 7.92. The number of carboxylic acids is 1. The summed E-state index contributed by atoms with van der Waals surface area (Å²) in [6, 6.07) is -0.0609. The molecule has 2 unspecified atom stereocenters. The second-order valence-electron chi connectivity index (χ2n) is 6.38. The standard InChI is InChI=1S/C15H28N2O3S/c1-11(21-4)7-8-16-14(20)17-9-5-6-12(10-17)15(2,3)13(18)19/h11-12H,5-10H2,1-4H3,(H,16,20)(H,18,19). The molecule has 0 aromatic carbocycles. The molecule has 0 aliphatic carbocycles. The molecule has 0 spiro atoms. The lowest BCUT2D eigenvalue weighted by molar-refractivity contribution is -0.151. The van der Waals surface area contributed by atoms with Gasteiger partial charge in [0.1, 0.15) is 0 Å². The summed E-state index contributed by atoms with van der Waals surface area (Å²) < 4.78 is 0. The molecule has 1 aliphatic rings. The van der Waals surface area contributed by atoms with Gasteiger partial charge in [0, 0.05) is 24.9 Å². The molecule has 1 fully saturated rings. The number of carbonyl (C=O) groups excluding carboxylic acids is 1. The number of hydrogen-bond acceptors (Lipinski definition) is 3. The number of rotatable bonds is 6. The van der Waals surface area contributed by atoms with E-state index in [1.165, 1.54) is 0 Å². The quantitative estimate of drug-likeness (QED) is 0.790. The number of piperidine rings is 1. The van der Waals surface area contributed by atoms with Crippen molar-refractivity contribution in [1.29, 1.82) is 0 Å². The van der Waals surface area contributed by atoms with Crippen LogP contribution in [0.3, 0.4) is 0 Å². The number of thioether (sulfide) groups is 1. The number of nitrogens with zero attached hydrogens (tertiary/aromatic N) is 1. The number of amides is 2. The van der Waals surface area contributed by atoms with Gasteiger partial charge in [-0.2, -0.15) is 11.8 Å². The first kappa shape index (κ1) is 18.1. The highest BCUT2D eigenvalue weighted by molar-refractivity contribution is 7.99. The zero-order valence-corrected chi connectivity index (χ0v) is 14.3. The summed E-state index contributed by atoms with van der Waals surface area (Å²) in [5, 5.41) is 12.8. The summed E-state index contributed by atoms with van der Waals surface area (Å²) in [4.78, 5) is 25.3. The molecule has 0 aromatic rings. The largest absolute Gasteiger partial charge is 0.481 e. The van der Waals surface area contributed by atoms with Crippen LogP contribution in [-0.2, 0) is 4.79 Å². The van der Waals surface area contributed by atoms with Gasteiger partial charge in [-0.3, -0.25) is 4.79 Å². The van der Waals surface area contributed by atoms with Crippen molar-refractivity contribution >= 4 is 23.8 Å². The van der Waals surface area contributed by atoms with E-state index in [1.54, 1.807) is 30.5 Å². The number of aliphatic carboxylic acids is 1. The Morgan fingerprint density at radius 3 is 2.71 bits per heavy atom. The summed E-state index contributed by atoms with van der Waals surface area (Å²) in [7, 11) is 0. The summed E-state index contributed by atoms with van der Waals surface area (Å²) >= 11 is 1.79. The predicted molar refractivity (Wildman–Crippen MR) is 86.7 cm³/mol. The van der Waals surface area contributed by atoms with Crippen LogP contribution >= 0.6 is 11.8 Å². The van der Waals surface area contributed by atoms with E-state index in [0.717, 1.165) is 25.8 Å². The van der Waals surface area contributed by atoms with Crippen LogP contribution in [0.5, 0.6) is 0 Å². The van der Waals surface area contributed by atoms with Crippen molar-refractivity contribution in [3.8, 4) is 0 Å². The number of carboxylic acid groups (broad SMARTS) is 1. The molecule has 1 heterocycles. The third-order valence-corrected chi connectivity index (χ3v) is 5.55. The molecule has 0 bridgehead atoms. The Kier molecular flexibility index (Phi) is 6.84. The van der Waals surface area contributed by atoms with Crippen molar-refractivity contribution in [2.24, 2.45) is 11.3 Å². The van der Waals surface area contributed by atoms with Crippen LogP contribution in [0.25, 0.3) is 0 Å². The first-order valence-corrected chi connectivity index (χ1v) is 8.86. The van der Waals surface area contributed by atoms with Crippen molar-refractivity contribution < 1.29 is 14.7 Å². The highest BCUT2D eigenvalue weighted by Crippen LogP contribution is 2.34. The van der Waals surface area contributed by atoms with Gasteiger partial charge in [-0.1, -0.05) is 6.92 Å². The molecule has 122 valence electrons. The second-order valence-corrected chi connectivity index (χ2v) is 7.66. The Morgan fingerprint density at radius 2 is 2.14 bits per heavy atom. The molecular formula is C15H28N2O3S. The van der Waals surface area contributed by atoms with Gasteiger partial charge in [0.25, 0.3) is 0 Å². The fourth-order valence-corrected chi connectivity index (χ4v) is 2.89. The third-order valence-electron chi connectivity index (χ3n) is 4.51. The van der Waals surface area contributed by atoms with Gasteiger partial charge in [0.05, 0.1) is 5.41 Å². The van der Waals surface area contributed by atoms with Crippen LogP contribution in [0.15, 0.2) is 0 Å². The summed E-state index contributed by atoms with van der Waals surface area (Å²) in [5.41, 5.74) is -0.785. The molecule has 6 heteroatoms. The zero-order chi connectivity index (χ0) is 16.0. The van der Waals surface area contributed by atoms with E-state index in [0.29, 0.717) is 18.3 Å². The number of likely N-dealkylation sites (tertiary alicyclic amines) is 1. The minimum Gasteiger partial charge on any atom is -0.481 e. The van der Waals surface area contributed by atoms with Gasteiger partial charge in [0.2, 0.25) is 0 Å². The first-order valence-electron chi connectivity index (χ1n) is 7.58. The molecule has 21 heavy (non-hydrogen) atoms. The van der Waals surface area contributed by atoms with E-state index in [4.69, 9.17) is 0 Å². The topological polar surface area (TPSA) is 69.6 Å². The lowest BCUT2D eigenvalue weighted by atomic mass is 9.74. The lowest BCUT2D eigenvalue weighted by Gasteiger charge is -2.39. The molecule has 2 atom stereocenters. The van der Waals surface area contributed by atoms with Gasteiger partial charge in [-0.05, 0) is 45.3 Å². The van der Waals surface area contributed by atoms with Gasteiger partial charge in [-0.25, -0.2) is 4.79 Å². The van der Waals surface area contributed by atoms with Gasteiger partial charge in [0.15, 0.2) is 0 Å². The molecule has 0 radical (unpaired) electrons. The van der Waals surface area contributed by atoms with E-state index in [2.05, 4.69) is 18.5 Å². The number of hydrogen-bond donors (Lipinski definition) is 2. The molecule has 1 aliphatic heterocycles. The lowest BCUT2D eigenvalue weighted by Crippen LogP contribution is -2.50. The minimum absolute atomic E-state index is 0.0135. The van der Waals surface area contributed by atoms with Crippen LogP contribution in [0, 0.1) is 11.3 Å². The summed E-state index contributed by atoms with van der Waals surface area (Å²) in [6.07, 6.45) is 4.75. The molecule has 2 amide bonds. The van der Waals surface area contributed by atoms with Crippen molar-refractivity contribution in [2.45, 2.75) is 45.3 Å². The van der Waals surface area contributed by atoms with Crippen LogP contribution in [-0.4, -0.2) is 53.1 Å². The minimum atomic E-state index is -0.788. The Balaban J connectivity index is 2.48. The monoisotopic (exact) mass is 316 g/mol. The van der Waals surface area contributed by atoms with E-state index < -0.39 is 11.4 Å². The van der Waals surface area contributed by atoms with Gasteiger partial charge < -0.3 is 15.3 Å². The molecular weight excluding hydrogens is 288 g/mol. The average molecular weight is 316 g/mol. The molecule has 1 rings (SSSR count). The van der Waals surface area contributed by atoms with Gasteiger partial charge >= 0.3 is 12.0 Å². The number of urea groups is 1. The van der Waals surface area contributed by atoms with Crippen LogP contribution < -0.4 is 5.32 Å². The van der Waals surface area contributed by atoms with E-state index in [-0.39, 0.29) is 11.9 Å². The van der Waals surface area contributed by atoms with Crippen molar-refractivity contribution in [1.82, 2.24) is 10.2 Å². The molecule has 2 N–H and O–H groups in total. The third kappa shape index (κ3) is 5.09. The van der Waals surface area contributed by atoms with Crippen LogP contribution in [0.4, 0.5) is 4.79 Å². The van der Waals surface area contributed by atoms with E-state index >= 15 is 0 Å². The number of nitrogens with one attached hydrogen (secondary N) is 1. The SMILES string of the molecule is CSC(C)CCNC(=O)N1CCCC(C(C)(C)C(=O)O)C1. The normalized spacial score (nSPS) is 21.0. The van der Waals surface area contributed by atoms with Crippen molar-refractivity contribution in [3.63, 3.8) is 0 Å². The molecule has 0 aromatic heterocycles. The Hall–Kier alpha value is -0.910. The Bertz CT molecular complexity index is 374. The molecule has 1 saturated heterocycles. The maximum Gasteiger partial charge on any atom is 0.317 e. The Morgan fingerprint density at radius 1 is 1.48 bits per heavy atom. The van der Waals surface area contributed by atoms with Crippen LogP contribution in [0.2, 0.25) is 0 Å². The van der Waals surface area contributed by atoms with Gasteiger partial charge in [-0.15, -0.1) is 0 Å². The molecule has 5 nitrogen and oxygen atoms in total. The van der Waals surface area contributed by atoms with Crippen LogP contribution in [0.1, 0.15) is 40.0 Å². The fraction of sp³-hybridized carbons (Fsp3) is 0.867. The average Bonchev–Trinajstić information content (AvgIpc) is 2.46. The highest BCUT2D eigenvalue weighted by Gasteiger charge is 2.39. The predicted octanol–water partition coefficient (Wildman–Crippen LogP) is 2.66. The maximum atomic E-state index is 12.2. The van der Waals surface area contributed by atoms with E-state index in [9.17, 15) is 14.7 Å². The maximum absolute atomic E-state index is 12.2. The van der Waals surface area contributed by atoms with E-state index in [1.807, 2.05) is 0 Å². The first-order chi connectivity index (χ1) is 9.78. The van der Waals surface area contributed by atoms with Crippen molar-refractivity contribution in [3.05, 3.63) is 0 Å². The highest BCUT2D eigenvalue weighted by atomic mass is 32.2. The Labute approximate surface area is 131 Å². The smallest absolute Gasteiger partial charge is 0.317 e. The van der Waals surface area contributed by atoms with Crippen molar-refractivity contribution in [2.75, 3.05) is 25.9 Å². The zero-order valence-electron chi connectivity index (χ0n) is 13.5. The molecule has 0 saturated carbocycles. The fourth-order valence-electron chi connectivity index (χ4n) is 2.54. The summed E-state index contributed by atoms with van der Waals surface area (Å²) in [5.74, 6) is -0.775. The summed E-state index contributed by atoms with van der Waals surface area (Å²) in [6.45, 7) is 7.57. The number of carbonyl (C=O) groups is 2.